The van der Waals surface area contributed by atoms with Crippen molar-refractivity contribution in [1.29, 1.82) is 0 Å². The molecule has 0 fully saturated rings. The average Bonchev–Trinajstić information content (AvgIpc) is 2.21. The molecule has 2 aromatic carbocycles. The molecule has 0 aliphatic heterocycles. The quantitative estimate of drug-likeness (QED) is 0.578. The first-order chi connectivity index (χ1) is 6.79. The number of hydrogen-bond acceptors (Lipinski definition) is 0. The van der Waals surface area contributed by atoms with E-state index < -0.39 is 0 Å². The van der Waals surface area contributed by atoms with E-state index in [1.807, 2.05) is 36.4 Å². The maximum Gasteiger partial charge on any atom is 2.00 e. The first-order valence-electron chi connectivity index (χ1n) is 4.32. The predicted octanol–water partition coefficient (Wildman–Crippen LogP) is 4.36. The molecule has 2 aromatic rings. The van der Waals surface area contributed by atoms with Crippen molar-refractivity contribution in [2.75, 3.05) is 0 Å². The normalized spacial score (nSPS) is 8.00. The number of hydrogen-bond donors (Lipinski definition) is 0. The second kappa shape index (κ2) is 8.14. The predicted molar refractivity (Wildman–Crippen MR) is 66.6 cm³/mol. The SMILES string of the molecule is [Mg+2].[NH-]c1ccccc1.[NH-]c1ccccc1. The fourth-order valence-electron chi connectivity index (χ4n) is 0.876. The molecule has 0 radical (unpaired) electrons. The van der Waals surface area contributed by atoms with Crippen LogP contribution in [-0.2, 0) is 0 Å². The maximum absolute atomic E-state index is 7.00. The third-order valence-electron chi connectivity index (χ3n) is 1.55. The van der Waals surface area contributed by atoms with Gasteiger partial charge in [0.15, 0.2) is 0 Å². The summed E-state index contributed by atoms with van der Waals surface area (Å²) in [5.74, 6) is 0. The Morgan fingerprint density at radius 2 is 0.800 bits per heavy atom. The molecule has 0 aliphatic carbocycles. The van der Waals surface area contributed by atoms with Crippen LogP contribution in [0.5, 0.6) is 0 Å². The van der Waals surface area contributed by atoms with Gasteiger partial charge in [-0.05, 0) is 0 Å². The topological polar surface area (TPSA) is 47.6 Å². The molecule has 3 heteroatoms. The van der Waals surface area contributed by atoms with E-state index in [0.29, 0.717) is 11.4 Å². The molecule has 72 valence electrons. The minimum absolute atomic E-state index is 0. The first-order valence-corrected chi connectivity index (χ1v) is 4.32. The van der Waals surface area contributed by atoms with Gasteiger partial charge in [-0.1, -0.05) is 60.7 Å². The van der Waals surface area contributed by atoms with Gasteiger partial charge in [0.05, 0.1) is 0 Å². The minimum atomic E-state index is 0. The Labute approximate surface area is 106 Å². The molecule has 0 heterocycles. The van der Waals surface area contributed by atoms with Crippen molar-refractivity contribution in [3.8, 4) is 0 Å². The van der Waals surface area contributed by atoms with Crippen molar-refractivity contribution in [3.63, 3.8) is 0 Å². The van der Waals surface area contributed by atoms with Gasteiger partial charge >= 0.3 is 23.1 Å². The van der Waals surface area contributed by atoms with E-state index in [-0.39, 0.29) is 23.1 Å². The Hall–Kier alpha value is -1.19. The molecule has 0 bridgehead atoms. The molecule has 2 N–H and O–H groups in total. The van der Waals surface area contributed by atoms with Crippen LogP contribution < -0.4 is 0 Å². The molecule has 0 saturated heterocycles. The van der Waals surface area contributed by atoms with Crippen LogP contribution >= 0.6 is 0 Å². The van der Waals surface area contributed by atoms with E-state index in [1.54, 1.807) is 24.3 Å². The van der Waals surface area contributed by atoms with Crippen molar-refractivity contribution in [3.05, 3.63) is 72.1 Å². The van der Waals surface area contributed by atoms with E-state index in [2.05, 4.69) is 0 Å². The molecule has 2 nitrogen and oxygen atoms in total. The van der Waals surface area contributed by atoms with Gasteiger partial charge in [-0.25, -0.2) is 0 Å². The van der Waals surface area contributed by atoms with Crippen molar-refractivity contribution < 1.29 is 0 Å². The van der Waals surface area contributed by atoms with Crippen molar-refractivity contribution >= 4 is 34.4 Å². The fraction of sp³-hybridized carbons (Fsp3) is 0. The van der Waals surface area contributed by atoms with Gasteiger partial charge in [0.25, 0.3) is 0 Å². The zero-order valence-electron chi connectivity index (χ0n) is 8.48. The second-order valence-electron chi connectivity index (χ2n) is 2.73. The Kier molecular flexibility index (Phi) is 7.49. The molecule has 15 heavy (non-hydrogen) atoms. The molecule has 0 spiro atoms. The Bertz CT molecular complexity index is 311. The smallest absolute Gasteiger partial charge is 0.699 e. The third-order valence-corrected chi connectivity index (χ3v) is 1.55. The van der Waals surface area contributed by atoms with Gasteiger partial charge in [-0.15, -0.1) is 11.4 Å². The van der Waals surface area contributed by atoms with Crippen LogP contribution in [0, 0.1) is 0 Å². The van der Waals surface area contributed by atoms with Crippen LogP contribution in [0.4, 0.5) is 11.4 Å². The van der Waals surface area contributed by atoms with Crippen LogP contribution in [0.25, 0.3) is 11.5 Å². The molecule has 0 saturated carbocycles. The average molecular weight is 209 g/mol. The summed E-state index contributed by atoms with van der Waals surface area (Å²) in [7, 11) is 0. The van der Waals surface area contributed by atoms with Gasteiger partial charge in [-0.2, -0.15) is 0 Å². The largest absolute Gasteiger partial charge is 2.00 e. The van der Waals surface area contributed by atoms with Gasteiger partial charge in [-0.3, -0.25) is 0 Å². The molecule has 2 rings (SSSR count). The molecule has 0 amide bonds. The monoisotopic (exact) mass is 208 g/mol. The van der Waals surface area contributed by atoms with Gasteiger partial charge in [0, 0.05) is 0 Å². The molecule has 0 atom stereocenters. The number of rotatable bonds is 0. The molecule has 0 unspecified atom stereocenters. The Morgan fingerprint density at radius 1 is 0.533 bits per heavy atom. The fourth-order valence-corrected chi connectivity index (χ4v) is 0.876. The van der Waals surface area contributed by atoms with E-state index in [0.717, 1.165) is 0 Å². The van der Waals surface area contributed by atoms with E-state index in [1.165, 1.54) is 0 Å². The summed E-state index contributed by atoms with van der Waals surface area (Å²) in [4.78, 5) is 0. The van der Waals surface area contributed by atoms with Crippen LogP contribution in [0.3, 0.4) is 0 Å². The van der Waals surface area contributed by atoms with Crippen LogP contribution in [0.2, 0.25) is 0 Å². The molecular formula is C12H12MgN2. The second-order valence-corrected chi connectivity index (χ2v) is 2.73. The summed E-state index contributed by atoms with van der Waals surface area (Å²) < 4.78 is 0. The standard InChI is InChI=1S/2C6H6N.Mg/c2*7-6-4-2-1-3-5-6;/h2*1-5,7H;/q2*-1;+2. The summed E-state index contributed by atoms with van der Waals surface area (Å²) in [6, 6.07) is 18.2. The summed E-state index contributed by atoms with van der Waals surface area (Å²) in [5.41, 5.74) is 15.1. The first kappa shape index (κ1) is 13.8. The van der Waals surface area contributed by atoms with Crippen LogP contribution in [-0.4, -0.2) is 23.1 Å². The number of nitrogens with one attached hydrogen (secondary N) is 2. The molecular weight excluding hydrogens is 196 g/mol. The number of benzene rings is 2. The summed E-state index contributed by atoms with van der Waals surface area (Å²) >= 11 is 0. The Balaban J connectivity index is 0.000000245. The Morgan fingerprint density at radius 3 is 0.933 bits per heavy atom. The van der Waals surface area contributed by atoms with Crippen molar-refractivity contribution in [2.45, 2.75) is 0 Å². The van der Waals surface area contributed by atoms with Gasteiger partial charge in [0.2, 0.25) is 0 Å². The van der Waals surface area contributed by atoms with Crippen LogP contribution in [0.15, 0.2) is 60.7 Å². The zero-order valence-corrected chi connectivity index (χ0v) is 9.89. The van der Waals surface area contributed by atoms with Crippen LogP contribution in [0.1, 0.15) is 0 Å². The van der Waals surface area contributed by atoms with E-state index >= 15 is 0 Å². The third kappa shape index (κ3) is 6.82. The van der Waals surface area contributed by atoms with E-state index in [9.17, 15) is 0 Å². The van der Waals surface area contributed by atoms with Gasteiger partial charge < -0.3 is 11.5 Å². The summed E-state index contributed by atoms with van der Waals surface area (Å²) in [6.45, 7) is 0. The zero-order chi connectivity index (χ0) is 10.2. The summed E-state index contributed by atoms with van der Waals surface area (Å²) in [6.07, 6.45) is 0. The molecule has 0 aromatic heterocycles. The van der Waals surface area contributed by atoms with E-state index in [4.69, 9.17) is 11.5 Å². The van der Waals surface area contributed by atoms with Crippen molar-refractivity contribution in [2.24, 2.45) is 0 Å². The van der Waals surface area contributed by atoms with Crippen molar-refractivity contribution in [1.82, 2.24) is 0 Å². The van der Waals surface area contributed by atoms with Gasteiger partial charge in [0.1, 0.15) is 0 Å². The maximum atomic E-state index is 7.00. The molecule has 0 aliphatic rings. The summed E-state index contributed by atoms with van der Waals surface area (Å²) in [5, 5.41) is 0. The minimum Gasteiger partial charge on any atom is -0.699 e.